The Balaban J connectivity index is 0.000000758. The summed E-state index contributed by atoms with van der Waals surface area (Å²) in [5.74, 6) is 1.82. The summed E-state index contributed by atoms with van der Waals surface area (Å²) in [7, 11) is 7.17. The number of ether oxygens (including phenoxy) is 2. The molecule has 3 heteroatoms. The zero-order chi connectivity index (χ0) is 18.8. The summed E-state index contributed by atoms with van der Waals surface area (Å²) in [5, 5.41) is 2.75. The molecule has 0 aliphatic carbocycles. The number of hydrogen-bond acceptors (Lipinski definition) is 3. The highest BCUT2D eigenvalue weighted by Gasteiger charge is 2.22. The lowest BCUT2D eigenvalue weighted by atomic mass is 9.84. The summed E-state index contributed by atoms with van der Waals surface area (Å²) in [6, 6.07) is 26.7. The van der Waals surface area contributed by atoms with Gasteiger partial charge < -0.3 is 14.8 Å². The summed E-state index contributed by atoms with van der Waals surface area (Å²) in [6.45, 7) is 0. The number of benzene rings is 3. The average molecular weight is 349 g/mol. The second-order valence-corrected chi connectivity index (χ2v) is 5.83. The molecule has 0 heterocycles. The van der Waals surface area contributed by atoms with Crippen LogP contribution in [0.15, 0.2) is 78.9 Å². The summed E-state index contributed by atoms with van der Waals surface area (Å²) in [5.41, 5.74) is 3.47. The summed E-state index contributed by atoms with van der Waals surface area (Å²) >= 11 is 0. The van der Waals surface area contributed by atoms with Crippen molar-refractivity contribution in [1.82, 2.24) is 5.32 Å². The first-order chi connectivity index (χ1) is 12.8. The molecule has 0 amide bonds. The second-order valence-electron chi connectivity index (χ2n) is 5.83. The Labute approximate surface area is 156 Å². The predicted molar refractivity (Wildman–Crippen MR) is 108 cm³/mol. The molecular weight excluding hydrogens is 322 g/mol. The van der Waals surface area contributed by atoms with Gasteiger partial charge in [-0.05, 0) is 31.8 Å². The van der Waals surface area contributed by atoms with Crippen molar-refractivity contribution in [2.45, 2.75) is 5.92 Å². The van der Waals surface area contributed by atoms with Gasteiger partial charge in [-0.1, -0.05) is 66.7 Å². The van der Waals surface area contributed by atoms with Crippen LogP contribution < -0.4 is 14.8 Å². The Morgan fingerprint density at radius 2 is 1.00 bits per heavy atom. The third-order valence-corrected chi connectivity index (χ3v) is 4.03. The number of methoxy groups -OCH3 is 2. The van der Waals surface area contributed by atoms with Gasteiger partial charge in [-0.25, -0.2) is 0 Å². The van der Waals surface area contributed by atoms with Crippen LogP contribution >= 0.6 is 0 Å². The molecule has 0 aromatic heterocycles. The van der Waals surface area contributed by atoms with Crippen LogP contribution in [-0.4, -0.2) is 28.3 Å². The third-order valence-electron chi connectivity index (χ3n) is 4.03. The van der Waals surface area contributed by atoms with Crippen molar-refractivity contribution in [3.05, 3.63) is 95.6 Å². The molecule has 3 aromatic rings. The maximum absolute atomic E-state index is 5.60. The highest BCUT2D eigenvalue weighted by atomic mass is 16.5. The fourth-order valence-electron chi connectivity index (χ4n) is 2.98. The van der Waals surface area contributed by atoms with E-state index >= 15 is 0 Å². The quantitative estimate of drug-likeness (QED) is 0.676. The largest absolute Gasteiger partial charge is 0.496 e. The Hall–Kier alpha value is -2.78. The first-order valence-electron chi connectivity index (χ1n) is 8.66. The van der Waals surface area contributed by atoms with Gasteiger partial charge >= 0.3 is 0 Å². The highest BCUT2D eigenvalue weighted by molar-refractivity contribution is 5.53. The molecule has 0 saturated heterocycles. The summed E-state index contributed by atoms with van der Waals surface area (Å²) in [6.07, 6.45) is 0. The smallest absolute Gasteiger partial charge is 0.123 e. The van der Waals surface area contributed by atoms with E-state index in [0.717, 1.165) is 22.6 Å². The van der Waals surface area contributed by atoms with Gasteiger partial charge in [0.2, 0.25) is 0 Å². The minimum absolute atomic E-state index is 0.0588. The van der Waals surface area contributed by atoms with E-state index < -0.39 is 0 Å². The fourth-order valence-corrected chi connectivity index (χ4v) is 2.98. The van der Waals surface area contributed by atoms with Crippen molar-refractivity contribution in [3.8, 4) is 11.5 Å². The number of para-hydroxylation sites is 2. The Bertz CT molecular complexity index is 739. The van der Waals surface area contributed by atoms with E-state index in [1.54, 1.807) is 14.2 Å². The van der Waals surface area contributed by atoms with Crippen molar-refractivity contribution in [2.75, 3.05) is 28.3 Å². The molecule has 26 heavy (non-hydrogen) atoms. The lowest BCUT2D eigenvalue weighted by Crippen LogP contribution is -2.07. The van der Waals surface area contributed by atoms with Gasteiger partial charge in [0, 0.05) is 17.0 Å². The Morgan fingerprint density at radius 3 is 1.42 bits per heavy atom. The van der Waals surface area contributed by atoms with Crippen molar-refractivity contribution >= 4 is 0 Å². The predicted octanol–water partition coefficient (Wildman–Crippen LogP) is 4.72. The molecule has 0 aliphatic heterocycles. The molecule has 1 N–H and O–H groups in total. The molecule has 0 aliphatic rings. The molecule has 3 nitrogen and oxygen atoms in total. The monoisotopic (exact) mass is 349 g/mol. The zero-order valence-corrected chi connectivity index (χ0v) is 15.9. The first kappa shape index (κ1) is 19.5. The van der Waals surface area contributed by atoms with E-state index in [4.69, 9.17) is 9.47 Å². The minimum Gasteiger partial charge on any atom is -0.496 e. The van der Waals surface area contributed by atoms with E-state index in [1.165, 1.54) is 5.56 Å². The van der Waals surface area contributed by atoms with E-state index in [0.29, 0.717) is 0 Å². The van der Waals surface area contributed by atoms with Gasteiger partial charge in [0.05, 0.1) is 14.2 Å². The van der Waals surface area contributed by atoms with Crippen molar-refractivity contribution in [3.63, 3.8) is 0 Å². The van der Waals surface area contributed by atoms with Crippen LogP contribution in [0.2, 0.25) is 0 Å². The van der Waals surface area contributed by atoms with Crippen LogP contribution in [0, 0.1) is 0 Å². The van der Waals surface area contributed by atoms with Gasteiger partial charge in [0.15, 0.2) is 0 Å². The summed E-state index contributed by atoms with van der Waals surface area (Å²) < 4.78 is 11.2. The standard InChI is InChI=1S/C21H20O2.C2H7N/c1-22-19-14-8-6-12-17(19)21(16-10-4-3-5-11-16)18-13-7-9-15-20(18)23-2;1-3-2/h3-15,21H,1-2H3;3H,1-2H3. The van der Waals surface area contributed by atoms with Crippen LogP contribution in [0.3, 0.4) is 0 Å². The van der Waals surface area contributed by atoms with Gasteiger partial charge in [-0.3, -0.25) is 0 Å². The van der Waals surface area contributed by atoms with Gasteiger partial charge in [-0.15, -0.1) is 0 Å². The molecule has 0 atom stereocenters. The molecule has 3 aromatic carbocycles. The molecule has 136 valence electrons. The molecule has 0 fully saturated rings. The van der Waals surface area contributed by atoms with E-state index in [9.17, 15) is 0 Å². The van der Waals surface area contributed by atoms with E-state index in [2.05, 4.69) is 41.7 Å². The summed E-state index contributed by atoms with van der Waals surface area (Å²) in [4.78, 5) is 0. The van der Waals surface area contributed by atoms with E-state index in [1.807, 2.05) is 56.6 Å². The number of rotatable bonds is 5. The molecule has 0 unspecified atom stereocenters. The maximum Gasteiger partial charge on any atom is 0.123 e. The van der Waals surface area contributed by atoms with Crippen LogP contribution in [0.25, 0.3) is 0 Å². The third kappa shape index (κ3) is 4.64. The second kappa shape index (κ2) is 10.3. The topological polar surface area (TPSA) is 30.5 Å². The fraction of sp³-hybridized carbons (Fsp3) is 0.217. The molecule has 0 saturated carbocycles. The molecule has 0 bridgehead atoms. The average Bonchev–Trinajstić information content (AvgIpc) is 2.70. The lowest BCUT2D eigenvalue weighted by Gasteiger charge is -2.23. The first-order valence-corrected chi connectivity index (χ1v) is 8.66. The van der Waals surface area contributed by atoms with Gasteiger partial charge in [0.25, 0.3) is 0 Å². The van der Waals surface area contributed by atoms with Crippen LogP contribution in [0.1, 0.15) is 22.6 Å². The highest BCUT2D eigenvalue weighted by Crippen LogP contribution is 2.40. The molecule has 0 spiro atoms. The van der Waals surface area contributed by atoms with Crippen LogP contribution in [-0.2, 0) is 0 Å². The van der Waals surface area contributed by atoms with Crippen LogP contribution in [0.4, 0.5) is 0 Å². The Morgan fingerprint density at radius 1 is 0.615 bits per heavy atom. The lowest BCUT2D eigenvalue weighted by molar-refractivity contribution is 0.402. The normalized spacial score (nSPS) is 10.0. The molecular formula is C23H27NO2. The maximum atomic E-state index is 5.60. The van der Waals surface area contributed by atoms with Gasteiger partial charge in [0.1, 0.15) is 11.5 Å². The molecule has 3 rings (SSSR count). The number of nitrogens with one attached hydrogen (secondary N) is 1. The Kier molecular flexibility index (Phi) is 7.72. The van der Waals surface area contributed by atoms with Crippen molar-refractivity contribution in [2.24, 2.45) is 0 Å². The van der Waals surface area contributed by atoms with Crippen LogP contribution in [0.5, 0.6) is 11.5 Å². The molecule has 0 radical (unpaired) electrons. The van der Waals surface area contributed by atoms with Crippen molar-refractivity contribution in [1.29, 1.82) is 0 Å². The number of hydrogen-bond donors (Lipinski definition) is 1. The van der Waals surface area contributed by atoms with E-state index in [-0.39, 0.29) is 5.92 Å². The minimum atomic E-state index is 0.0588. The zero-order valence-electron chi connectivity index (χ0n) is 15.9. The van der Waals surface area contributed by atoms with Crippen molar-refractivity contribution < 1.29 is 9.47 Å². The SMILES string of the molecule is CNC.COc1ccccc1C(c1ccccc1)c1ccccc1OC. The van der Waals surface area contributed by atoms with Gasteiger partial charge in [-0.2, -0.15) is 0 Å².